The van der Waals surface area contributed by atoms with Gasteiger partial charge >= 0.3 is 0 Å². The van der Waals surface area contributed by atoms with E-state index >= 15 is 0 Å². The maximum absolute atomic E-state index is 11.5. The minimum Gasteiger partial charge on any atom is -0.294 e. The Balaban J connectivity index is 2.49. The van der Waals surface area contributed by atoms with Crippen molar-refractivity contribution in [2.24, 2.45) is 0 Å². The molecule has 1 aliphatic heterocycles. The van der Waals surface area contributed by atoms with Crippen LogP contribution in [-0.2, 0) is 0 Å². The highest BCUT2D eigenvalue weighted by Crippen LogP contribution is 2.48. The molecule has 4 heteroatoms. The molecule has 0 N–H and O–H groups in total. The largest absolute Gasteiger partial charge is 0.294 e. The predicted octanol–water partition coefficient (Wildman–Crippen LogP) is 3.50. The number of carbonyl (C=O) groups is 1. The molecule has 68 valence electrons. The van der Waals surface area contributed by atoms with Gasteiger partial charge in [-0.15, -0.1) is 0 Å². The van der Waals surface area contributed by atoms with E-state index in [-0.39, 0.29) is 12.2 Å². The maximum Gasteiger partial charge on any atom is 0.174 e. The van der Waals surface area contributed by atoms with Crippen LogP contribution in [0.1, 0.15) is 16.8 Å². The number of hydrogen-bond donors (Lipinski definition) is 0. The van der Waals surface area contributed by atoms with Gasteiger partial charge in [-0.3, -0.25) is 4.79 Å². The Morgan fingerprint density at radius 3 is 2.77 bits per heavy atom. The van der Waals surface area contributed by atoms with Crippen LogP contribution < -0.4 is 0 Å². The first-order valence-corrected chi connectivity index (χ1v) is 5.35. The number of benzene rings is 1. The van der Waals surface area contributed by atoms with Gasteiger partial charge in [-0.2, -0.15) is 0 Å². The van der Waals surface area contributed by atoms with E-state index in [9.17, 15) is 4.79 Å². The first kappa shape index (κ1) is 9.38. The van der Waals surface area contributed by atoms with Gasteiger partial charge in [0.05, 0.1) is 6.42 Å². The summed E-state index contributed by atoms with van der Waals surface area (Å²) >= 11 is 13.1. The second-order valence-electron chi connectivity index (χ2n) is 2.84. The quantitative estimate of drug-likeness (QED) is 0.638. The molecule has 0 fully saturated rings. The van der Waals surface area contributed by atoms with Gasteiger partial charge in [-0.25, -0.2) is 0 Å². The van der Waals surface area contributed by atoms with Crippen molar-refractivity contribution in [3.63, 3.8) is 0 Å². The molecule has 13 heavy (non-hydrogen) atoms. The molecule has 1 aliphatic rings. The normalized spacial score (nSPS) is 19.7. The van der Waals surface area contributed by atoms with Crippen LogP contribution in [0.25, 0.3) is 0 Å². The highest BCUT2D eigenvalue weighted by molar-refractivity contribution is 8.03. The zero-order valence-electron chi connectivity index (χ0n) is 6.59. The monoisotopic (exact) mass is 232 g/mol. The predicted molar refractivity (Wildman–Crippen MR) is 55.7 cm³/mol. The lowest BCUT2D eigenvalue weighted by Gasteiger charge is -2.24. The molecular formula is C9H6Cl2OS. The van der Waals surface area contributed by atoms with E-state index in [4.69, 9.17) is 23.2 Å². The Labute approximate surface area is 90.4 Å². The fraction of sp³-hybridized carbons (Fsp3) is 0.222. The molecule has 0 radical (unpaired) electrons. The summed E-state index contributed by atoms with van der Waals surface area (Å²) in [5, 5.41) is 0. The Kier molecular flexibility index (Phi) is 2.30. The van der Waals surface area contributed by atoms with Gasteiger partial charge < -0.3 is 0 Å². The molecule has 1 aromatic carbocycles. The number of alkyl halides is 2. The third-order valence-electron chi connectivity index (χ3n) is 1.81. The van der Waals surface area contributed by atoms with Crippen LogP contribution in [0.3, 0.4) is 0 Å². The zero-order chi connectivity index (χ0) is 9.47. The van der Waals surface area contributed by atoms with E-state index in [1.165, 1.54) is 11.8 Å². The number of ketones is 1. The molecule has 2 rings (SSSR count). The van der Waals surface area contributed by atoms with Gasteiger partial charge in [-0.1, -0.05) is 53.2 Å². The molecule has 1 heterocycles. The summed E-state index contributed by atoms with van der Waals surface area (Å²) in [5.74, 6) is 0.0133. The Bertz CT molecular complexity index is 362. The Morgan fingerprint density at radius 1 is 1.31 bits per heavy atom. The number of rotatable bonds is 0. The Hall–Kier alpha value is -0.180. The van der Waals surface area contributed by atoms with Crippen molar-refractivity contribution in [1.29, 1.82) is 0 Å². The number of fused-ring (bicyclic) bond motifs is 1. The molecule has 0 aromatic heterocycles. The summed E-state index contributed by atoms with van der Waals surface area (Å²) in [5.41, 5.74) is 0.726. The number of carbonyl (C=O) groups excluding carboxylic acids is 1. The van der Waals surface area contributed by atoms with E-state index < -0.39 is 3.67 Å². The average molecular weight is 233 g/mol. The number of Topliss-reactive ketones (excluding diaryl/α,β-unsaturated/α-hetero) is 1. The van der Waals surface area contributed by atoms with Crippen molar-refractivity contribution in [3.05, 3.63) is 29.8 Å². The van der Waals surface area contributed by atoms with E-state index in [2.05, 4.69) is 0 Å². The van der Waals surface area contributed by atoms with Crippen molar-refractivity contribution in [2.75, 3.05) is 0 Å². The second-order valence-corrected chi connectivity index (χ2v) is 6.11. The molecule has 0 aliphatic carbocycles. The summed E-state index contributed by atoms with van der Waals surface area (Å²) in [7, 11) is 0. The average Bonchev–Trinajstić information content (AvgIpc) is 2.02. The van der Waals surface area contributed by atoms with E-state index in [1.807, 2.05) is 18.2 Å². The number of thioether (sulfide) groups is 1. The standard InChI is InChI=1S/C9H6Cl2OS/c10-9(11)5-7(12)6-3-1-2-4-8(6)13-9/h1-4H,5H2. The van der Waals surface area contributed by atoms with Gasteiger partial charge in [0.2, 0.25) is 0 Å². The highest BCUT2D eigenvalue weighted by atomic mass is 35.5. The maximum atomic E-state index is 11.5. The molecule has 0 amide bonds. The van der Waals surface area contributed by atoms with Gasteiger partial charge in [0.1, 0.15) is 0 Å². The van der Waals surface area contributed by atoms with E-state index in [1.54, 1.807) is 6.07 Å². The third kappa shape index (κ3) is 1.85. The minimum absolute atomic E-state index is 0.0133. The number of halogens is 2. The SMILES string of the molecule is O=C1CC(Cl)(Cl)Sc2ccccc21. The summed E-state index contributed by atoms with van der Waals surface area (Å²) < 4.78 is -0.995. The van der Waals surface area contributed by atoms with Crippen LogP contribution in [-0.4, -0.2) is 9.45 Å². The molecule has 1 aromatic rings. The first-order valence-electron chi connectivity index (χ1n) is 3.77. The fourth-order valence-electron chi connectivity index (χ4n) is 1.27. The second kappa shape index (κ2) is 3.19. The molecular weight excluding hydrogens is 227 g/mol. The third-order valence-corrected chi connectivity index (χ3v) is 3.56. The Morgan fingerprint density at radius 2 is 2.00 bits per heavy atom. The lowest BCUT2D eigenvalue weighted by molar-refractivity contribution is 0.0979. The van der Waals surface area contributed by atoms with Crippen molar-refractivity contribution >= 4 is 40.7 Å². The lowest BCUT2D eigenvalue weighted by atomic mass is 10.1. The summed E-state index contributed by atoms with van der Waals surface area (Å²) in [6.07, 6.45) is 0.178. The highest BCUT2D eigenvalue weighted by Gasteiger charge is 2.35. The molecule has 0 bridgehead atoms. The van der Waals surface area contributed by atoms with Crippen LogP contribution in [0.2, 0.25) is 0 Å². The van der Waals surface area contributed by atoms with Gasteiger partial charge in [0, 0.05) is 10.5 Å². The summed E-state index contributed by atoms with van der Waals surface area (Å²) in [6.45, 7) is 0. The van der Waals surface area contributed by atoms with Gasteiger partial charge in [0.15, 0.2) is 9.45 Å². The summed E-state index contributed by atoms with van der Waals surface area (Å²) in [6, 6.07) is 7.37. The molecule has 1 nitrogen and oxygen atoms in total. The first-order chi connectivity index (χ1) is 6.08. The van der Waals surface area contributed by atoms with Crippen molar-refractivity contribution in [1.82, 2.24) is 0 Å². The van der Waals surface area contributed by atoms with Crippen molar-refractivity contribution < 1.29 is 4.79 Å². The van der Waals surface area contributed by atoms with Crippen molar-refractivity contribution in [2.45, 2.75) is 15.0 Å². The fourth-order valence-corrected chi connectivity index (χ4v) is 2.97. The molecule has 0 unspecified atom stereocenters. The van der Waals surface area contributed by atoms with Gasteiger partial charge in [-0.05, 0) is 6.07 Å². The van der Waals surface area contributed by atoms with Crippen molar-refractivity contribution in [3.8, 4) is 0 Å². The van der Waals surface area contributed by atoms with E-state index in [0.29, 0.717) is 0 Å². The minimum atomic E-state index is -0.995. The molecule has 0 saturated carbocycles. The topological polar surface area (TPSA) is 17.1 Å². The smallest absolute Gasteiger partial charge is 0.174 e. The molecule has 0 atom stereocenters. The van der Waals surface area contributed by atoms with Crippen LogP contribution in [0.5, 0.6) is 0 Å². The van der Waals surface area contributed by atoms with Gasteiger partial charge in [0.25, 0.3) is 0 Å². The van der Waals surface area contributed by atoms with Crippen LogP contribution >= 0.6 is 35.0 Å². The zero-order valence-corrected chi connectivity index (χ0v) is 8.92. The van der Waals surface area contributed by atoms with Crippen LogP contribution in [0, 0.1) is 0 Å². The van der Waals surface area contributed by atoms with E-state index in [0.717, 1.165) is 10.5 Å². The van der Waals surface area contributed by atoms with Crippen LogP contribution in [0.4, 0.5) is 0 Å². The number of hydrogen-bond acceptors (Lipinski definition) is 2. The molecule has 0 saturated heterocycles. The lowest BCUT2D eigenvalue weighted by Crippen LogP contribution is -2.20. The van der Waals surface area contributed by atoms with Crippen LogP contribution in [0.15, 0.2) is 29.2 Å². The molecule has 0 spiro atoms. The summed E-state index contributed by atoms with van der Waals surface area (Å²) in [4.78, 5) is 12.4.